The minimum absolute atomic E-state index is 0.0658. The number of rotatable bonds is 9. The summed E-state index contributed by atoms with van der Waals surface area (Å²) >= 11 is 0. The Kier molecular flexibility index (Phi) is 7.73. The first kappa shape index (κ1) is 23.9. The van der Waals surface area contributed by atoms with Gasteiger partial charge in [0.25, 0.3) is 5.69 Å². The predicted octanol–water partition coefficient (Wildman–Crippen LogP) is 1.27. The average Bonchev–Trinajstić information content (AvgIpc) is 3.29. The van der Waals surface area contributed by atoms with Crippen LogP contribution in [0.15, 0.2) is 54.6 Å². The number of nitro benzene ring substituents is 1. The fourth-order valence-corrected chi connectivity index (χ4v) is 3.92. The summed E-state index contributed by atoms with van der Waals surface area (Å²) in [6, 6.07) is 11.9. The van der Waals surface area contributed by atoms with Crippen molar-refractivity contribution in [2.45, 2.75) is 43.8 Å². The van der Waals surface area contributed by atoms with Gasteiger partial charge in [0.1, 0.15) is 12.1 Å². The molecule has 0 bridgehead atoms. The summed E-state index contributed by atoms with van der Waals surface area (Å²) in [6.45, 7) is 0.311. The molecule has 0 spiro atoms. The minimum Gasteiger partial charge on any atom is -0.480 e. The molecule has 3 rings (SSSR count). The maximum Gasteiger partial charge on any atom is 0.326 e. The van der Waals surface area contributed by atoms with Crippen LogP contribution >= 0.6 is 0 Å². The third-order valence-corrected chi connectivity index (χ3v) is 5.66. The summed E-state index contributed by atoms with van der Waals surface area (Å²) in [5, 5.41) is 22.9. The highest BCUT2D eigenvalue weighted by molar-refractivity contribution is 5.92. The van der Waals surface area contributed by atoms with Crippen molar-refractivity contribution >= 4 is 23.5 Å². The van der Waals surface area contributed by atoms with Crippen molar-refractivity contribution in [2.24, 2.45) is 5.73 Å². The molecule has 1 heterocycles. The first-order valence-corrected chi connectivity index (χ1v) is 10.6. The molecule has 2 amide bonds. The molecule has 1 saturated heterocycles. The van der Waals surface area contributed by atoms with E-state index in [0.29, 0.717) is 24.9 Å². The number of carbonyl (C=O) groups excluding carboxylic acids is 2. The number of amides is 2. The van der Waals surface area contributed by atoms with Crippen LogP contribution < -0.4 is 11.1 Å². The predicted molar refractivity (Wildman–Crippen MR) is 119 cm³/mol. The van der Waals surface area contributed by atoms with Gasteiger partial charge in [-0.2, -0.15) is 0 Å². The molecule has 1 aliphatic rings. The Hall–Kier alpha value is -3.79. The number of benzene rings is 2. The summed E-state index contributed by atoms with van der Waals surface area (Å²) in [5.41, 5.74) is 7.44. The van der Waals surface area contributed by atoms with E-state index in [-0.39, 0.29) is 18.5 Å². The van der Waals surface area contributed by atoms with Crippen molar-refractivity contribution in [1.82, 2.24) is 10.2 Å². The number of carboxylic acid groups (broad SMARTS) is 1. The summed E-state index contributed by atoms with van der Waals surface area (Å²) in [4.78, 5) is 49.2. The van der Waals surface area contributed by atoms with Crippen LogP contribution in [0.2, 0.25) is 0 Å². The minimum atomic E-state index is -1.07. The van der Waals surface area contributed by atoms with E-state index in [1.165, 1.54) is 29.2 Å². The highest BCUT2D eigenvalue weighted by Crippen LogP contribution is 2.20. The number of nitro groups is 1. The molecule has 0 aliphatic carbocycles. The van der Waals surface area contributed by atoms with Crippen molar-refractivity contribution in [2.75, 3.05) is 6.54 Å². The van der Waals surface area contributed by atoms with Crippen LogP contribution in [0.5, 0.6) is 0 Å². The van der Waals surface area contributed by atoms with Crippen LogP contribution in [-0.2, 0) is 27.2 Å². The number of carboxylic acids is 1. The zero-order valence-electron chi connectivity index (χ0n) is 17.9. The van der Waals surface area contributed by atoms with Gasteiger partial charge in [-0.3, -0.25) is 19.7 Å². The van der Waals surface area contributed by atoms with Gasteiger partial charge in [-0.25, -0.2) is 4.79 Å². The van der Waals surface area contributed by atoms with Crippen LogP contribution in [0.25, 0.3) is 0 Å². The molecule has 2 aromatic carbocycles. The van der Waals surface area contributed by atoms with E-state index in [9.17, 15) is 29.6 Å². The van der Waals surface area contributed by atoms with E-state index < -0.39 is 40.8 Å². The Balaban J connectivity index is 1.72. The number of nitrogens with two attached hydrogens (primary N) is 1. The van der Waals surface area contributed by atoms with Crippen molar-refractivity contribution in [3.05, 3.63) is 75.8 Å². The molecule has 4 N–H and O–H groups in total. The average molecular weight is 454 g/mol. The van der Waals surface area contributed by atoms with Crippen LogP contribution in [-0.4, -0.2) is 57.4 Å². The number of nitrogens with zero attached hydrogens (tertiary/aromatic N) is 2. The molecule has 1 aliphatic heterocycles. The van der Waals surface area contributed by atoms with Crippen molar-refractivity contribution in [3.8, 4) is 0 Å². The van der Waals surface area contributed by atoms with Gasteiger partial charge < -0.3 is 21.1 Å². The third-order valence-electron chi connectivity index (χ3n) is 5.66. The van der Waals surface area contributed by atoms with E-state index in [2.05, 4.69) is 5.32 Å². The zero-order chi connectivity index (χ0) is 24.0. The second-order valence-corrected chi connectivity index (χ2v) is 8.01. The summed E-state index contributed by atoms with van der Waals surface area (Å²) in [6.07, 6.45) is 1.26. The monoisotopic (exact) mass is 454 g/mol. The highest BCUT2D eigenvalue weighted by Gasteiger charge is 2.38. The summed E-state index contributed by atoms with van der Waals surface area (Å²) in [5.74, 6) is -2.09. The second kappa shape index (κ2) is 10.7. The molecule has 0 saturated carbocycles. The molecule has 2 aromatic rings. The molecule has 174 valence electrons. The first-order valence-electron chi connectivity index (χ1n) is 10.6. The van der Waals surface area contributed by atoms with E-state index in [4.69, 9.17) is 5.73 Å². The Morgan fingerprint density at radius 1 is 1.09 bits per heavy atom. The van der Waals surface area contributed by atoms with E-state index in [1.54, 1.807) is 0 Å². The second-order valence-electron chi connectivity index (χ2n) is 8.01. The van der Waals surface area contributed by atoms with Crippen LogP contribution in [0.4, 0.5) is 5.69 Å². The van der Waals surface area contributed by atoms with Gasteiger partial charge in [0.05, 0.1) is 11.0 Å². The van der Waals surface area contributed by atoms with Crippen LogP contribution in [0.3, 0.4) is 0 Å². The standard InChI is InChI=1S/C23H26N4O6/c24-18(13-16-8-10-17(11-9-16)27(32)33)21(28)25-19(14-15-5-2-1-3-6-15)22(29)26-12-4-7-20(26)23(30)31/h1-3,5-6,8-11,18-20H,4,7,12-14,24H2,(H,25,28)(H,30,31)/t18-,19-,20-/m0/s1. The fraction of sp³-hybridized carbons (Fsp3) is 0.348. The maximum absolute atomic E-state index is 13.2. The number of hydrogen-bond donors (Lipinski definition) is 3. The van der Waals surface area contributed by atoms with Crippen LogP contribution in [0, 0.1) is 10.1 Å². The lowest BCUT2D eigenvalue weighted by Gasteiger charge is -2.28. The van der Waals surface area contributed by atoms with Gasteiger partial charge in [0.15, 0.2) is 0 Å². The first-order chi connectivity index (χ1) is 15.8. The largest absolute Gasteiger partial charge is 0.480 e. The van der Waals surface area contributed by atoms with Crippen molar-refractivity contribution in [3.63, 3.8) is 0 Å². The number of likely N-dealkylation sites (tertiary alicyclic amines) is 1. The number of non-ortho nitro benzene ring substituents is 1. The number of aliphatic carboxylic acids is 1. The van der Waals surface area contributed by atoms with E-state index >= 15 is 0 Å². The topological polar surface area (TPSA) is 156 Å². The number of nitrogens with one attached hydrogen (secondary N) is 1. The molecule has 10 heteroatoms. The maximum atomic E-state index is 13.2. The van der Waals surface area contributed by atoms with Gasteiger partial charge in [0.2, 0.25) is 11.8 Å². The lowest BCUT2D eigenvalue weighted by Crippen LogP contribution is -2.55. The smallest absolute Gasteiger partial charge is 0.326 e. The SMILES string of the molecule is N[C@@H](Cc1ccc([N+](=O)[O-])cc1)C(=O)N[C@@H](Cc1ccccc1)C(=O)N1CCC[C@H]1C(=O)O. The van der Waals surface area contributed by atoms with E-state index in [1.807, 2.05) is 30.3 Å². The quantitative estimate of drug-likeness (QED) is 0.380. The van der Waals surface area contributed by atoms with Crippen molar-refractivity contribution < 1.29 is 24.4 Å². The molecule has 1 fully saturated rings. The van der Waals surface area contributed by atoms with Gasteiger partial charge in [-0.1, -0.05) is 42.5 Å². The van der Waals surface area contributed by atoms with E-state index in [0.717, 1.165) is 5.56 Å². The molecular weight excluding hydrogens is 428 g/mol. The van der Waals surface area contributed by atoms with Gasteiger partial charge in [-0.15, -0.1) is 0 Å². The Labute approximate surface area is 190 Å². The zero-order valence-corrected chi connectivity index (χ0v) is 17.9. The Morgan fingerprint density at radius 2 is 1.73 bits per heavy atom. The van der Waals surface area contributed by atoms with Gasteiger partial charge >= 0.3 is 5.97 Å². The molecular formula is C23H26N4O6. The highest BCUT2D eigenvalue weighted by atomic mass is 16.6. The van der Waals surface area contributed by atoms with Crippen molar-refractivity contribution in [1.29, 1.82) is 0 Å². The fourth-order valence-electron chi connectivity index (χ4n) is 3.92. The normalized spacial score (nSPS) is 17.2. The molecule has 33 heavy (non-hydrogen) atoms. The Bertz CT molecular complexity index is 1010. The third kappa shape index (κ3) is 6.13. The number of hydrogen-bond acceptors (Lipinski definition) is 6. The molecule has 3 atom stereocenters. The van der Waals surface area contributed by atoms with Gasteiger partial charge in [0, 0.05) is 25.1 Å². The molecule has 0 unspecified atom stereocenters. The number of carbonyl (C=O) groups is 3. The molecule has 0 radical (unpaired) electrons. The lowest BCUT2D eigenvalue weighted by molar-refractivity contribution is -0.384. The molecule has 0 aromatic heterocycles. The summed E-state index contributed by atoms with van der Waals surface area (Å²) < 4.78 is 0. The summed E-state index contributed by atoms with van der Waals surface area (Å²) in [7, 11) is 0. The van der Waals surface area contributed by atoms with Gasteiger partial charge in [-0.05, 0) is 30.4 Å². The lowest BCUT2D eigenvalue weighted by atomic mass is 10.0. The molecule has 10 nitrogen and oxygen atoms in total. The van der Waals surface area contributed by atoms with Crippen LogP contribution in [0.1, 0.15) is 24.0 Å². The Morgan fingerprint density at radius 3 is 2.33 bits per heavy atom.